The molecule has 2 aromatic rings. The molecule has 0 spiro atoms. The van der Waals surface area contributed by atoms with E-state index >= 15 is 0 Å². The summed E-state index contributed by atoms with van der Waals surface area (Å²) in [5.41, 5.74) is 1.64. The molecule has 0 saturated carbocycles. The second-order valence-electron chi connectivity index (χ2n) is 6.04. The molecule has 1 aromatic heterocycles. The summed E-state index contributed by atoms with van der Waals surface area (Å²) in [4.78, 5) is 37.6. The van der Waals surface area contributed by atoms with Gasteiger partial charge in [-0.25, -0.2) is 9.48 Å². The molecule has 0 bridgehead atoms. The number of ether oxygens (including phenoxy) is 1. The number of fused-ring (bicyclic) bond motifs is 1. The van der Waals surface area contributed by atoms with Gasteiger partial charge in [0.15, 0.2) is 12.3 Å². The third kappa shape index (κ3) is 3.45. The summed E-state index contributed by atoms with van der Waals surface area (Å²) in [7, 11) is 1.44. The number of aromatic nitrogens is 2. The van der Waals surface area contributed by atoms with Crippen molar-refractivity contribution in [1.29, 1.82) is 0 Å². The Kier molecular flexibility index (Phi) is 4.65. The van der Waals surface area contributed by atoms with Gasteiger partial charge in [0.05, 0.1) is 0 Å². The van der Waals surface area contributed by atoms with Crippen LogP contribution in [-0.4, -0.2) is 34.3 Å². The van der Waals surface area contributed by atoms with E-state index in [0.717, 1.165) is 28.8 Å². The van der Waals surface area contributed by atoms with Crippen molar-refractivity contribution < 1.29 is 14.3 Å². The zero-order valence-corrected chi connectivity index (χ0v) is 14.1. The average Bonchev–Trinajstić information content (AvgIpc) is 2.61. The first kappa shape index (κ1) is 16.9. The Hall–Kier alpha value is -2.96. The van der Waals surface area contributed by atoms with E-state index in [4.69, 9.17) is 4.74 Å². The SMILES string of the molecule is CC1CCc2ccccc2N1C(=O)COC(=O)c1ccc(=O)n(C)n1. The molecule has 0 N–H and O–H groups in total. The number of para-hydroxylation sites is 1. The van der Waals surface area contributed by atoms with Gasteiger partial charge in [0.25, 0.3) is 11.5 Å². The molecule has 0 radical (unpaired) electrons. The molecule has 2 heterocycles. The molecule has 1 aliphatic rings. The first-order valence-electron chi connectivity index (χ1n) is 8.09. The first-order chi connectivity index (χ1) is 12.0. The summed E-state index contributed by atoms with van der Waals surface area (Å²) in [6.07, 6.45) is 1.78. The molecular formula is C18H19N3O4. The Balaban J connectivity index is 1.71. The molecule has 7 nitrogen and oxygen atoms in total. The van der Waals surface area contributed by atoms with Crippen molar-refractivity contribution in [3.8, 4) is 0 Å². The fourth-order valence-electron chi connectivity index (χ4n) is 2.95. The highest BCUT2D eigenvalue weighted by Gasteiger charge is 2.28. The van der Waals surface area contributed by atoms with Gasteiger partial charge in [-0.2, -0.15) is 5.10 Å². The van der Waals surface area contributed by atoms with Crippen LogP contribution in [0.4, 0.5) is 5.69 Å². The van der Waals surface area contributed by atoms with Crippen LogP contribution in [0.3, 0.4) is 0 Å². The van der Waals surface area contributed by atoms with E-state index in [1.54, 1.807) is 4.90 Å². The van der Waals surface area contributed by atoms with Crippen molar-refractivity contribution in [2.75, 3.05) is 11.5 Å². The Bertz CT molecular complexity index is 875. The maximum Gasteiger partial charge on any atom is 0.359 e. The van der Waals surface area contributed by atoms with Crippen molar-refractivity contribution in [3.63, 3.8) is 0 Å². The number of nitrogens with zero attached hydrogens (tertiary/aromatic N) is 3. The Morgan fingerprint density at radius 3 is 2.76 bits per heavy atom. The van der Waals surface area contributed by atoms with E-state index in [2.05, 4.69) is 5.10 Å². The lowest BCUT2D eigenvalue weighted by Gasteiger charge is -2.35. The minimum absolute atomic E-state index is 0.0120. The number of hydrogen-bond acceptors (Lipinski definition) is 5. The summed E-state index contributed by atoms with van der Waals surface area (Å²) >= 11 is 0. The molecule has 7 heteroatoms. The molecule has 1 unspecified atom stereocenters. The molecular weight excluding hydrogens is 322 g/mol. The van der Waals surface area contributed by atoms with Crippen LogP contribution in [0.1, 0.15) is 29.4 Å². The minimum atomic E-state index is -0.734. The molecule has 3 rings (SSSR count). The molecule has 0 fully saturated rings. The number of esters is 1. The molecule has 1 amide bonds. The van der Waals surface area contributed by atoms with Crippen LogP contribution >= 0.6 is 0 Å². The number of benzene rings is 1. The highest BCUT2D eigenvalue weighted by molar-refractivity contribution is 5.98. The van der Waals surface area contributed by atoms with Crippen molar-refractivity contribution in [3.05, 3.63) is 58.0 Å². The summed E-state index contributed by atoms with van der Waals surface area (Å²) in [5, 5.41) is 3.82. The number of carbonyl (C=O) groups excluding carboxylic acids is 2. The number of aryl methyl sites for hydroxylation is 2. The zero-order valence-electron chi connectivity index (χ0n) is 14.1. The van der Waals surface area contributed by atoms with Gasteiger partial charge in [0.1, 0.15) is 0 Å². The largest absolute Gasteiger partial charge is 0.451 e. The average molecular weight is 341 g/mol. The van der Waals surface area contributed by atoms with E-state index in [-0.39, 0.29) is 29.8 Å². The van der Waals surface area contributed by atoms with Gasteiger partial charge >= 0.3 is 5.97 Å². The number of anilines is 1. The summed E-state index contributed by atoms with van der Waals surface area (Å²) in [6.45, 7) is 1.60. The van der Waals surface area contributed by atoms with Crippen LogP contribution in [-0.2, 0) is 23.0 Å². The second-order valence-corrected chi connectivity index (χ2v) is 6.04. The second kappa shape index (κ2) is 6.88. The van der Waals surface area contributed by atoms with Crippen molar-refractivity contribution in [2.24, 2.45) is 7.05 Å². The molecule has 25 heavy (non-hydrogen) atoms. The summed E-state index contributed by atoms with van der Waals surface area (Å²) in [5.74, 6) is -1.01. The maximum absolute atomic E-state index is 12.6. The van der Waals surface area contributed by atoms with Crippen molar-refractivity contribution in [2.45, 2.75) is 25.8 Å². The molecule has 130 valence electrons. The van der Waals surface area contributed by atoms with E-state index in [0.29, 0.717) is 0 Å². The third-order valence-corrected chi connectivity index (χ3v) is 4.29. The Morgan fingerprint density at radius 2 is 2.00 bits per heavy atom. The summed E-state index contributed by atoms with van der Waals surface area (Å²) in [6, 6.07) is 10.3. The van der Waals surface area contributed by atoms with Gasteiger partial charge in [-0.1, -0.05) is 18.2 Å². The van der Waals surface area contributed by atoms with Crippen LogP contribution < -0.4 is 10.5 Å². The fourth-order valence-corrected chi connectivity index (χ4v) is 2.95. The maximum atomic E-state index is 12.6. The molecule has 1 aromatic carbocycles. The van der Waals surface area contributed by atoms with Crippen LogP contribution in [0.25, 0.3) is 0 Å². The van der Waals surface area contributed by atoms with Crippen LogP contribution in [0, 0.1) is 0 Å². The topological polar surface area (TPSA) is 81.5 Å². The fraction of sp³-hybridized carbons (Fsp3) is 0.333. The smallest absolute Gasteiger partial charge is 0.359 e. The van der Waals surface area contributed by atoms with Crippen LogP contribution in [0.15, 0.2) is 41.2 Å². The monoisotopic (exact) mass is 341 g/mol. The Morgan fingerprint density at radius 1 is 1.24 bits per heavy atom. The van der Waals surface area contributed by atoms with Crippen molar-refractivity contribution >= 4 is 17.6 Å². The minimum Gasteiger partial charge on any atom is -0.451 e. The Labute approximate surface area is 144 Å². The lowest BCUT2D eigenvalue weighted by Crippen LogP contribution is -2.44. The zero-order chi connectivity index (χ0) is 18.0. The first-order valence-corrected chi connectivity index (χ1v) is 8.09. The van der Waals surface area contributed by atoms with Gasteiger partial charge in [-0.3, -0.25) is 9.59 Å². The highest BCUT2D eigenvalue weighted by atomic mass is 16.5. The van der Waals surface area contributed by atoms with Crippen LogP contribution in [0.2, 0.25) is 0 Å². The lowest BCUT2D eigenvalue weighted by molar-refractivity contribution is -0.122. The van der Waals surface area contributed by atoms with E-state index in [1.807, 2.05) is 31.2 Å². The molecule has 0 saturated heterocycles. The van der Waals surface area contributed by atoms with Gasteiger partial charge in [-0.05, 0) is 37.5 Å². The quantitative estimate of drug-likeness (QED) is 0.786. The van der Waals surface area contributed by atoms with Gasteiger partial charge in [0, 0.05) is 24.8 Å². The van der Waals surface area contributed by atoms with Crippen LogP contribution in [0.5, 0.6) is 0 Å². The summed E-state index contributed by atoms with van der Waals surface area (Å²) < 4.78 is 6.14. The standard InChI is InChI=1S/C18H19N3O4/c1-12-7-8-13-5-3-4-6-15(13)21(12)17(23)11-25-18(24)14-9-10-16(22)20(2)19-14/h3-6,9-10,12H,7-8,11H2,1-2H3. The van der Waals surface area contributed by atoms with E-state index in [1.165, 1.54) is 19.2 Å². The normalized spacial score (nSPS) is 16.2. The third-order valence-electron chi connectivity index (χ3n) is 4.29. The molecule has 1 aliphatic heterocycles. The predicted molar refractivity (Wildman–Crippen MR) is 91.5 cm³/mol. The van der Waals surface area contributed by atoms with Gasteiger partial charge in [0.2, 0.25) is 0 Å². The number of hydrogen-bond donors (Lipinski definition) is 0. The predicted octanol–water partition coefficient (Wildman–Crippen LogP) is 1.30. The van der Waals surface area contributed by atoms with E-state index in [9.17, 15) is 14.4 Å². The highest BCUT2D eigenvalue weighted by Crippen LogP contribution is 2.30. The van der Waals surface area contributed by atoms with Gasteiger partial charge < -0.3 is 9.64 Å². The number of carbonyl (C=O) groups is 2. The lowest BCUT2D eigenvalue weighted by atomic mass is 9.96. The van der Waals surface area contributed by atoms with Crippen molar-refractivity contribution in [1.82, 2.24) is 9.78 Å². The van der Waals surface area contributed by atoms with Gasteiger partial charge in [-0.15, -0.1) is 0 Å². The number of rotatable bonds is 3. The van der Waals surface area contributed by atoms with E-state index < -0.39 is 5.97 Å². The molecule has 1 atom stereocenters. The molecule has 0 aliphatic carbocycles. The number of amides is 1.